The zero-order valence-electron chi connectivity index (χ0n) is 15.2. The summed E-state index contributed by atoms with van der Waals surface area (Å²) in [7, 11) is 3.96. The number of halogens is 1. The number of aromatic amines is 1. The number of carbonyl (C=O) groups is 1. The highest BCUT2D eigenvalue weighted by Gasteiger charge is 2.17. The maximum absolute atomic E-state index is 12.4. The van der Waals surface area contributed by atoms with Crippen LogP contribution in [0.2, 0.25) is 0 Å². The Balaban J connectivity index is 1.60. The summed E-state index contributed by atoms with van der Waals surface area (Å²) in [6.45, 7) is 1.84. The highest BCUT2D eigenvalue weighted by molar-refractivity contribution is 9.10. The summed E-state index contributed by atoms with van der Waals surface area (Å²) < 4.78 is 1.00. The third kappa shape index (κ3) is 5.11. The minimum atomic E-state index is -0.327. The number of aromatic nitrogens is 3. The van der Waals surface area contributed by atoms with Gasteiger partial charge in [-0.05, 0) is 43.3 Å². The van der Waals surface area contributed by atoms with Crippen molar-refractivity contribution >= 4 is 45.0 Å². The van der Waals surface area contributed by atoms with Gasteiger partial charge in [-0.25, -0.2) is 4.98 Å². The predicted molar refractivity (Wildman–Crippen MR) is 114 cm³/mol. The Morgan fingerprint density at radius 3 is 2.44 bits per heavy atom. The van der Waals surface area contributed by atoms with Crippen LogP contribution in [0.1, 0.15) is 6.92 Å². The fraction of sp³-hybridized carbons (Fsp3) is 0.211. The number of benzene rings is 2. The van der Waals surface area contributed by atoms with Gasteiger partial charge in [0.2, 0.25) is 11.1 Å². The first-order chi connectivity index (χ1) is 12.9. The SMILES string of the molecule is C[C@@H](Sc1n[nH]c(-c2ccc(Br)cc2)n1)C(=O)Nc1ccc(N(C)C)cc1. The third-order valence-corrected chi connectivity index (χ3v) is 5.37. The number of carbonyl (C=O) groups excluding carboxylic acids is 1. The fourth-order valence-corrected chi connectivity index (χ4v) is 3.32. The molecule has 3 rings (SSSR count). The fourth-order valence-electron chi connectivity index (χ4n) is 2.33. The molecule has 0 aliphatic carbocycles. The number of hydrogen-bond donors (Lipinski definition) is 2. The van der Waals surface area contributed by atoms with E-state index in [2.05, 4.69) is 36.4 Å². The molecule has 0 radical (unpaired) electrons. The van der Waals surface area contributed by atoms with Gasteiger partial charge in [0, 0.05) is 35.5 Å². The smallest absolute Gasteiger partial charge is 0.237 e. The highest BCUT2D eigenvalue weighted by Crippen LogP contribution is 2.25. The molecule has 2 N–H and O–H groups in total. The highest BCUT2D eigenvalue weighted by atomic mass is 79.9. The van der Waals surface area contributed by atoms with Gasteiger partial charge in [0.15, 0.2) is 5.82 Å². The molecule has 0 aliphatic heterocycles. The van der Waals surface area contributed by atoms with Crippen molar-refractivity contribution < 1.29 is 4.79 Å². The third-order valence-electron chi connectivity index (χ3n) is 3.89. The van der Waals surface area contributed by atoms with Crippen LogP contribution in [0, 0.1) is 0 Å². The van der Waals surface area contributed by atoms with Crippen molar-refractivity contribution in [2.75, 3.05) is 24.3 Å². The van der Waals surface area contributed by atoms with E-state index in [-0.39, 0.29) is 11.2 Å². The molecule has 0 unspecified atom stereocenters. The number of H-pyrrole nitrogens is 1. The first kappa shape index (κ1) is 19.4. The van der Waals surface area contributed by atoms with E-state index in [9.17, 15) is 4.79 Å². The first-order valence-electron chi connectivity index (χ1n) is 8.35. The molecule has 27 heavy (non-hydrogen) atoms. The van der Waals surface area contributed by atoms with Gasteiger partial charge >= 0.3 is 0 Å². The summed E-state index contributed by atoms with van der Waals surface area (Å²) in [6.07, 6.45) is 0. The van der Waals surface area contributed by atoms with Crippen molar-refractivity contribution in [2.45, 2.75) is 17.3 Å². The van der Waals surface area contributed by atoms with Crippen LogP contribution >= 0.6 is 27.7 Å². The van der Waals surface area contributed by atoms with Crippen molar-refractivity contribution in [1.82, 2.24) is 15.2 Å². The van der Waals surface area contributed by atoms with E-state index in [1.54, 1.807) is 0 Å². The van der Waals surface area contributed by atoms with E-state index in [1.807, 2.05) is 74.4 Å². The Morgan fingerprint density at radius 1 is 1.15 bits per heavy atom. The zero-order chi connectivity index (χ0) is 19.4. The lowest BCUT2D eigenvalue weighted by molar-refractivity contribution is -0.115. The largest absolute Gasteiger partial charge is 0.378 e. The van der Waals surface area contributed by atoms with Crippen molar-refractivity contribution in [3.8, 4) is 11.4 Å². The first-order valence-corrected chi connectivity index (χ1v) is 10.0. The quantitative estimate of drug-likeness (QED) is 0.549. The molecule has 1 aromatic heterocycles. The summed E-state index contributed by atoms with van der Waals surface area (Å²) in [5, 5.41) is 10.3. The van der Waals surface area contributed by atoms with Gasteiger partial charge in [-0.3, -0.25) is 9.89 Å². The number of amides is 1. The second kappa shape index (κ2) is 8.58. The van der Waals surface area contributed by atoms with Crippen molar-refractivity contribution in [3.63, 3.8) is 0 Å². The maximum Gasteiger partial charge on any atom is 0.237 e. The van der Waals surface area contributed by atoms with E-state index in [4.69, 9.17) is 0 Å². The number of nitrogens with zero attached hydrogens (tertiary/aromatic N) is 3. The molecule has 8 heteroatoms. The minimum Gasteiger partial charge on any atom is -0.378 e. The summed E-state index contributed by atoms with van der Waals surface area (Å²) >= 11 is 4.73. The van der Waals surface area contributed by atoms with Crippen LogP contribution in [0.3, 0.4) is 0 Å². The average Bonchev–Trinajstić information content (AvgIpc) is 3.11. The van der Waals surface area contributed by atoms with Gasteiger partial charge in [-0.2, -0.15) is 0 Å². The number of anilines is 2. The standard InChI is InChI=1S/C19H20BrN5OS/c1-12(18(26)21-15-8-10-16(11-9-15)25(2)3)27-19-22-17(23-24-19)13-4-6-14(20)7-5-13/h4-12H,1-3H3,(H,21,26)(H,22,23,24)/t12-/m1/s1. The molecule has 0 saturated heterocycles. The molecule has 0 aliphatic rings. The van der Waals surface area contributed by atoms with E-state index in [0.717, 1.165) is 21.4 Å². The van der Waals surface area contributed by atoms with Crippen LogP contribution in [0.15, 0.2) is 58.2 Å². The number of thioether (sulfide) groups is 1. The molecule has 0 bridgehead atoms. The van der Waals surface area contributed by atoms with Crippen molar-refractivity contribution in [2.24, 2.45) is 0 Å². The molecule has 0 saturated carbocycles. The Labute approximate surface area is 170 Å². The lowest BCUT2D eigenvalue weighted by atomic mass is 10.2. The summed E-state index contributed by atoms with van der Waals surface area (Å²) in [5.74, 6) is 0.587. The van der Waals surface area contributed by atoms with Crippen LogP contribution in [0.25, 0.3) is 11.4 Å². The van der Waals surface area contributed by atoms with E-state index < -0.39 is 0 Å². The van der Waals surface area contributed by atoms with Gasteiger partial charge in [0.05, 0.1) is 5.25 Å². The molecular weight excluding hydrogens is 426 g/mol. The van der Waals surface area contributed by atoms with Crippen molar-refractivity contribution in [1.29, 1.82) is 0 Å². The van der Waals surface area contributed by atoms with E-state index >= 15 is 0 Å². The van der Waals surface area contributed by atoms with Gasteiger partial charge in [-0.1, -0.05) is 39.8 Å². The Hall–Kier alpha value is -2.32. The van der Waals surface area contributed by atoms with Crippen molar-refractivity contribution in [3.05, 3.63) is 53.0 Å². The zero-order valence-corrected chi connectivity index (χ0v) is 17.6. The number of nitrogens with one attached hydrogen (secondary N) is 2. The van der Waals surface area contributed by atoms with Crippen LogP contribution in [-0.4, -0.2) is 40.4 Å². The molecule has 140 valence electrons. The van der Waals surface area contributed by atoms with Gasteiger partial charge in [-0.15, -0.1) is 5.10 Å². The van der Waals surface area contributed by atoms with Gasteiger partial charge < -0.3 is 10.2 Å². The molecule has 0 fully saturated rings. The summed E-state index contributed by atoms with van der Waals surface area (Å²) in [5.41, 5.74) is 2.79. The second-order valence-corrected chi connectivity index (χ2v) is 8.39. The van der Waals surface area contributed by atoms with Crippen LogP contribution < -0.4 is 10.2 Å². The second-order valence-electron chi connectivity index (χ2n) is 6.16. The number of hydrogen-bond acceptors (Lipinski definition) is 5. The molecule has 1 amide bonds. The van der Waals surface area contributed by atoms with Crippen LogP contribution in [-0.2, 0) is 4.79 Å². The Morgan fingerprint density at radius 2 is 1.81 bits per heavy atom. The number of rotatable bonds is 6. The minimum absolute atomic E-state index is 0.0902. The van der Waals surface area contributed by atoms with Gasteiger partial charge in [0.1, 0.15) is 0 Å². The molecular formula is C19H20BrN5OS. The van der Waals surface area contributed by atoms with Gasteiger partial charge in [0.25, 0.3) is 0 Å². The molecule has 1 atom stereocenters. The lowest BCUT2D eigenvalue weighted by Crippen LogP contribution is -2.22. The lowest BCUT2D eigenvalue weighted by Gasteiger charge is -2.14. The Bertz CT molecular complexity index is 909. The molecule has 2 aromatic carbocycles. The van der Waals surface area contributed by atoms with Crippen LogP contribution in [0.4, 0.5) is 11.4 Å². The molecule has 0 spiro atoms. The monoisotopic (exact) mass is 445 g/mol. The molecule has 6 nitrogen and oxygen atoms in total. The molecule has 1 heterocycles. The maximum atomic E-state index is 12.4. The summed E-state index contributed by atoms with van der Waals surface area (Å²) in [6, 6.07) is 15.5. The van der Waals surface area contributed by atoms with Crippen LogP contribution in [0.5, 0.6) is 0 Å². The van der Waals surface area contributed by atoms with E-state index in [1.165, 1.54) is 11.8 Å². The van der Waals surface area contributed by atoms with E-state index in [0.29, 0.717) is 11.0 Å². The topological polar surface area (TPSA) is 73.9 Å². The average molecular weight is 446 g/mol. The molecule has 3 aromatic rings. The predicted octanol–water partition coefficient (Wildman–Crippen LogP) is 4.42. The Kier molecular flexibility index (Phi) is 6.18. The summed E-state index contributed by atoms with van der Waals surface area (Å²) in [4.78, 5) is 18.9. The normalized spacial score (nSPS) is 11.9.